The molecule has 0 aliphatic carbocycles. The molecule has 2 N–H and O–H groups in total. The summed E-state index contributed by atoms with van der Waals surface area (Å²) in [6.07, 6.45) is 1.62. The number of ether oxygens (including phenoxy) is 1. The molecule has 2 amide bonds. The van der Waals surface area contributed by atoms with Crippen LogP contribution in [0.5, 0.6) is 5.75 Å². The predicted molar refractivity (Wildman–Crippen MR) is 117 cm³/mol. The van der Waals surface area contributed by atoms with Crippen molar-refractivity contribution >= 4 is 35.2 Å². The Morgan fingerprint density at radius 1 is 1.07 bits per heavy atom. The molecule has 6 heteroatoms. The van der Waals surface area contributed by atoms with Crippen LogP contribution in [0.25, 0.3) is 6.08 Å². The molecule has 0 saturated heterocycles. The lowest BCUT2D eigenvalue weighted by molar-refractivity contribution is -0.115. The second kappa shape index (κ2) is 8.43. The van der Waals surface area contributed by atoms with Crippen molar-refractivity contribution in [3.63, 3.8) is 0 Å². The maximum Gasteiger partial charge on any atom is 0.291 e. The zero-order valence-electron chi connectivity index (χ0n) is 16.2. The minimum atomic E-state index is -0.391. The highest BCUT2D eigenvalue weighted by Crippen LogP contribution is 2.32. The third-order valence-corrected chi connectivity index (χ3v) is 4.96. The number of amides is 2. The third kappa shape index (κ3) is 4.36. The number of carbonyl (C=O) groups is 2. The molecular weight excluding hydrogens is 400 g/mol. The van der Waals surface area contributed by atoms with Crippen LogP contribution in [0.3, 0.4) is 0 Å². The standard InChI is InChI=1S/C24H19ClN2O3/c1-15(17-7-3-2-4-8-17)26-23(28)18-10-11-21-20(14-18)27-24(29)22(30-21)13-16-6-5-9-19(25)12-16/h2-15H,1H3,(H,26,28)(H,27,29). The van der Waals surface area contributed by atoms with Gasteiger partial charge in [-0.3, -0.25) is 9.59 Å². The third-order valence-electron chi connectivity index (χ3n) is 4.73. The Balaban J connectivity index is 1.51. The van der Waals surface area contributed by atoms with Crippen molar-refractivity contribution in [2.45, 2.75) is 13.0 Å². The molecule has 1 unspecified atom stereocenters. The summed E-state index contributed by atoms with van der Waals surface area (Å²) >= 11 is 5.99. The molecule has 1 aliphatic heterocycles. The van der Waals surface area contributed by atoms with Gasteiger partial charge < -0.3 is 15.4 Å². The van der Waals surface area contributed by atoms with Gasteiger partial charge in [0.15, 0.2) is 11.5 Å². The van der Waals surface area contributed by atoms with Crippen LogP contribution in [-0.4, -0.2) is 11.8 Å². The van der Waals surface area contributed by atoms with Gasteiger partial charge in [0.1, 0.15) is 0 Å². The van der Waals surface area contributed by atoms with Crippen LogP contribution in [0.1, 0.15) is 34.5 Å². The Hall–Kier alpha value is -3.57. The van der Waals surface area contributed by atoms with Gasteiger partial charge in [-0.1, -0.05) is 54.1 Å². The fraction of sp³-hybridized carbons (Fsp3) is 0.0833. The van der Waals surface area contributed by atoms with E-state index in [1.807, 2.05) is 43.3 Å². The SMILES string of the molecule is CC(NC(=O)c1ccc2c(c1)NC(=O)C(=Cc1cccc(Cl)c1)O2)c1ccccc1. The Morgan fingerprint density at radius 3 is 2.63 bits per heavy atom. The molecular formula is C24H19ClN2O3. The summed E-state index contributed by atoms with van der Waals surface area (Å²) in [6.45, 7) is 1.92. The van der Waals surface area contributed by atoms with Gasteiger partial charge in [-0.2, -0.15) is 0 Å². The smallest absolute Gasteiger partial charge is 0.291 e. The van der Waals surface area contributed by atoms with E-state index < -0.39 is 5.91 Å². The maximum absolute atomic E-state index is 12.6. The average Bonchev–Trinajstić information content (AvgIpc) is 2.74. The number of nitrogens with one attached hydrogen (secondary N) is 2. The van der Waals surface area contributed by atoms with Gasteiger partial charge in [-0.25, -0.2) is 0 Å². The van der Waals surface area contributed by atoms with Gasteiger partial charge in [-0.05, 0) is 54.5 Å². The molecule has 1 heterocycles. The van der Waals surface area contributed by atoms with Gasteiger partial charge in [0.05, 0.1) is 11.7 Å². The molecule has 3 aromatic rings. The monoisotopic (exact) mass is 418 g/mol. The van der Waals surface area contributed by atoms with E-state index in [-0.39, 0.29) is 17.7 Å². The van der Waals surface area contributed by atoms with Crippen molar-refractivity contribution in [3.05, 3.63) is 100 Å². The summed E-state index contributed by atoms with van der Waals surface area (Å²) < 4.78 is 5.75. The molecule has 0 fully saturated rings. The minimum Gasteiger partial charge on any atom is -0.449 e. The van der Waals surface area contributed by atoms with E-state index in [9.17, 15) is 9.59 Å². The summed E-state index contributed by atoms with van der Waals surface area (Å²) in [5, 5.41) is 6.31. The van der Waals surface area contributed by atoms with Gasteiger partial charge in [0.25, 0.3) is 11.8 Å². The highest BCUT2D eigenvalue weighted by atomic mass is 35.5. The fourth-order valence-corrected chi connectivity index (χ4v) is 3.35. The van der Waals surface area contributed by atoms with Crippen LogP contribution in [0.2, 0.25) is 5.02 Å². The first-order chi connectivity index (χ1) is 14.5. The van der Waals surface area contributed by atoms with Crippen LogP contribution in [0.15, 0.2) is 78.6 Å². The lowest BCUT2D eigenvalue weighted by Gasteiger charge is -2.21. The van der Waals surface area contributed by atoms with Gasteiger partial charge in [0.2, 0.25) is 0 Å². The molecule has 30 heavy (non-hydrogen) atoms. The van der Waals surface area contributed by atoms with Crippen molar-refractivity contribution in [2.75, 3.05) is 5.32 Å². The van der Waals surface area contributed by atoms with Crippen molar-refractivity contribution < 1.29 is 14.3 Å². The second-order valence-corrected chi connectivity index (χ2v) is 7.37. The number of halogens is 1. The van der Waals surface area contributed by atoms with E-state index in [0.29, 0.717) is 22.0 Å². The summed E-state index contributed by atoms with van der Waals surface area (Å²) in [6, 6.07) is 21.6. The van der Waals surface area contributed by atoms with Crippen molar-refractivity contribution in [3.8, 4) is 5.75 Å². The Kier molecular flexibility index (Phi) is 5.55. The Bertz CT molecular complexity index is 1140. The lowest BCUT2D eigenvalue weighted by atomic mass is 10.1. The molecule has 4 rings (SSSR count). The Labute approximate surface area is 179 Å². The largest absolute Gasteiger partial charge is 0.449 e. The van der Waals surface area contributed by atoms with Crippen LogP contribution < -0.4 is 15.4 Å². The highest BCUT2D eigenvalue weighted by molar-refractivity contribution is 6.30. The maximum atomic E-state index is 12.6. The first-order valence-corrected chi connectivity index (χ1v) is 9.84. The molecule has 0 radical (unpaired) electrons. The van der Waals surface area contributed by atoms with E-state index in [1.54, 1.807) is 42.5 Å². The molecule has 0 bridgehead atoms. The number of hydrogen-bond acceptors (Lipinski definition) is 3. The number of benzene rings is 3. The lowest BCUT2D eigenvalue weighted by Crippen LogP contribution is -2.27. The first-order valence-electron chi connectivity index (χ1n) is 9.46. The molecule has 1 atom stereocenters. The number of rotatable bonds is 4. The molecule has 0 saturated carbocycles. The highest BCUT2D eigenvalue weighted by Gasteiger charge is 2.23. The number of anilines is 1. The van der Waals surface area contributed by atoms with Crippen LogP contribution in [0.4, 0.5) is 5.69 Å². The zero-order valence-corrected chi connectivity index (χ0v) is 16.9. The molecule has 0 spiro atoms. The van der Waals surface area contributed by atoms with Gasteiger partial charge in [0, 0.05) is 10.6 Å². The average molecular weight is 419 g/mol. The molecule has 1 aliphatic rings. The summed E-state index contributed by atoms with van der Waals surface area (Å²) in [5.74, 6) is -0.00319. The normalized spacial score (nSPS) is 15.0. The van der Waals surface area contributed by atoms with Crippen molar-refractivity contribution in [1.29, 1.82) is 0 Å². The van der Waals surface area contributed by atoms with Gasteiger partial charge in [-0.15, -0.1) is 0 Å². The van der Waals surface area contributed by atoms with E-state index in [0.717, 1.165) is 11.1 Å². The molecule has 5 nitrogen and oxygen atoms in total. The number of hydrogen-bond donors (Lipinski definition) is 2. The summed E-state index contributed by atoms with van der Waals surface area (Å²) in [5.41, 5.74) is 2.64. The quantitative estimate of drug-likeness (QED) is 0.572. The van der Waals surface area contributed by atoms with Crippen LogP contribution >= 0.6 is 11.6 Å². The van der Waals surface area contributed by atoms with E-state index in [1.165, 1.54) is 0 Å². The summed E-state index contributed by atoms with van der Waals surface area (Å²) in [4.78, 5) is 25.1. The van der Waals surface area contributed by atoms with Crippen molar-refractivity contribution in [2.24, 2.45) is 0 Å². The molecule has 150 valence electrons. The van der Waals surface area contributed by atoms with Crippen LogP contribution in [0, 0.1) is 0 Å². The number of carbonyl (C=O) groups excluding carboxylic acids is 2. The molecule has 3 aromatic carbocycles. The van der Waals surface area contributed by atoms with E-state index in [4.69, 9.17) is 16.3 Å². The van der Waals surface area contributed by atoms with E-state index in [2.05, 4.69) is 10.6 Å². The zero-order chi connectivity index (χ0) is 21.1. The van der Waals surface area contributed by atoms with Gasteiger partial charge >= 0.3 is 0 Å². The predicted octanol–water partition coefficient (Wildman–Crippen LogP) is 5.20. The summed E-state index contributed by atoms with van der Waals surface area (Å²) in [7, 11) is 0. The van der Waals surface area contributed by atoms with Crippen molar-refractivity contribution in [1.82, 2.24) is 5.32 Å². The minimum absolute atomic E-state index is 0.146. The number of fused-ring (bicyclic) bond motifs is 1. The van der Waals surface area contributed by atoms with E-state index >= 15 is 0 Å². The second-order valence-electron chi connectivity index (χ2n) is 6.94. The Morgan fingerprint density at radius 2 is 1.87 bits per heavy atom. The molecule has 0 aromatic heterocycles. The topological polar surface area (TPSA) is 67.4 Å². The first kappa shape index (κ1) is 19.7. The fourth-order valence-electron chi connectivity index (χ4n) is 3.15. The van der Waals surface area contributed by atoms with Crippen LogP contribution in [-0.2, 0) is 4.79 Å².